The number of nitrogens with zero attached hydrogens (tertiary/aromatic N) is 1. The molecule has 1 aromatic carbocycles. The van der Waals surface area contributed by atoms with Crippen LogP contribution in [0.25, 0.3) is 0 Å². The molecule has 1 aromatic rings. The number of carbonyl (C=O) groups excluding carboxylic acids is 2. The quantitative estimate of drug-likeness (QED) is 0.929. The largest absolute Gasteiger partial charge is 0.339 e. The van der Waals surface area contributed by atoms with Gasteiger partial charge in [0.25, 0.3) is 5.91 Å². The lowest BCUT2D eigenvalue weighted by Crippen LogP contribution is -2.28. The van der Waals surface area contributed by atoms with Crippen LogP contribution in [-0.2, 0) is 4.79 Å². The van der Waals surface area contributed by atoms with E-state index in [1.54, 1.807) is 6.07 Å². The summed E-state index contributed by atoms with van der Waals surface area (Å²) in [5.74, 6) is 0.309. The van der Waals surface area contributed by atoms with Gasteiger partial charge in [-0.1, -0.05) is 25.3 Å². The zero-order chi connectivity index (χ0) is 15.4. The van der Waals surface area contributed by atoms with Gasteiger partial charge in [0.15, 0.2) is 0 Å². The van der Waals surface area contributed by atoms with Crippen LogP contribution in [0.3, 0.4) is 0 Å². The molecule has 0 aromatic heterocycles. The number of rotatable bonds is 3. The van der Waals surface area contributed by atoms with Crippen molar-refractivity contribution >= 4 is 17.5 Å². The normalized spacial score (nSPS) is 19.2. The van der Waals surface area contributed by atoms with Crippen LogP contribution in [0, 0.1) is 5.92 Å². The molecule has 4 nitrogen and oxygen atoms in total. The molecule has 2 aliphatic rings. The van der Waals surface area contributed by atoms with Gasteiger partial charge in [0.1, 0.15) is 0 Å². The monoisotopic (exact) mass is 300 g/mol. The Kier molecular flexibility index (Phi) is 4.76. The highest BCUT2D eigenvalue weighted by Crippen LogP contribution is 2.25. The third kappa shape index (κ3) is 3.49. The van der Waals surface area contributed by atoms with Crippen molar-refractivity contribution in [2.75, 3.05) is 18.4 Å². The highest BCUT2D eigenvalue weighted by molar-refractivity contribution is 5.97. The Hall–Kier alpha value is -1.84. The fraction of sp³-hybridized carbons (Fsp3) is 0.556. The molecule has 3 rings (SSSR count). The number of amides is 2. The van der Waals surface area contributed by atoms with E-state index in [1.165, 1.54) is 6.42 Å². The Balaban J connectivity index is 1.65. The predicted molar refractivity (Wildman–Crippen MR) is 86.8 cm³/mol. The minimum Gasteiger partial charge on any atom is -0.339 e. The van der Waals surface area contributed by atoms with Gasteiger partial charge in [0, 0.05) is 30.3 Å². The number of carbonyl (C=O) groups is 2. The molecule has 1 saturated carbocycles. The maximum absolute atomic E-state index is 12.4. The lowest BCUT2D eigenvalue weighted by Gasteiger charge is -2.21. The second-order valence-electron chi connectivity index (χ2n) is 6.40. The second kappa shape index (κ2) is 6.95. The summed E-state index contributed by atoms with van der Waals surface area (Å²) in [5, 5.41) is 2.99. The SMILES string of the molecule is O=C(Nc1cccc(C(=O)N2CCCC2)c1)C1CCCCC1. The average Bonchev–Trinajstić information content (AvgIpc) is 3.09. The predicted octanol–water partition coefficient (Wildman–Crippen LogP) is 3.44. The maximum Gasteiger partial charge on any atom is 0.253 e. The van der Waals surface area contributed by atoms with Crippen molar-refractivity contribution in [2.24, 2.45) is 5.92 Å². The zero-order valence-corrected chi connectivity index (χ0v) is 13.0. The molecule has 2 amide bonds. The van der Waals surface area contributed by atoms with Gasteiger partial charge in [-0.25, -0.2) is 0 Å². The molecule has 118 valence electrons. The summed E-state index contributed by atoms with van der Waals surface area (Å²) in [6.07, 6.45) is 7.67. The molecule has 0 atom stereocenters. The van der Waals surface area contributed by atoms with Gasteiger partial charge >= 0.3 is 0 Å². The number of nitrogens with one attached hydrogen (secondary N) is 1. The van der Waals surface area contributed by atoms with Gasteiger partial charge in [-0.2, -0.15) is 0 Å². The van der Waals surface area contributed by atoms with Gasteiger partial charge in [0.2, 0.25) is 5.91 Å². The minimum absolute atomic E-state index is 0.0752. The number of hydrogen-bond acceptors (Lipinski definition) is 2. The van der Waals surface area contributed by atoms with E-state index in [4.69, 9.17) is 0 Å². The lowest BCUT2D eigenvalue weighted by molar-refractivity contribution is -0.120. The van der Waals surface area contributed by atoms with Crippen molar-refractivity contribution < 1.29 is 9.59 Å². The summed E-state index contributed by atoms with van der Waals surface area (Å²) in [4.78, 5) is 26.6. The summed E-state index contributed by atoms with van der Waals surface area (Å²) in [6, 6.07) is 7.35. The van der Waals surface area contributed by atoms with Crippen LogP contribution >= 0.6 is 0 Å². The van der Waals surface area contributed by atoms with E-state index in [9.17, 15) is 9.59 Å². The first-order chi connectivity index (χ1) is 10.7. The highest BCUT2D eigenvalue weighted by Gasteiger charge is 2.22. The molecule has 1 aliphatic heterocycles. The van der Waals surface area contributed by atoms with E-state index in [1.807, 2.05) is 23.1 Å². The Morgan fingerprint density at radius 1 is 1.00 bits per heavy atom. The van der Waals surface area contributed by atoms with Gasteiger partial charge < -0.3 is 10.2 Å². The smallest absolute Gasteiger partial charge is 0.253 e. The third-order valence-corrected chi connectivity index (χ3v) is 4.75. The summed E-state index contributed by atoms with van der Waals surface area (Å²) in [5.41, 5.74) is 1.41. The van der Waals surface area contributed by atoms with Gasteiger partial charge in [-0.3, -0.25) is 9.59 Å². The van der Waals surface area contributed by atoms with E-state index < -0.39 is 0 Å². The van der Waals surface area contributed by atoms with Crippen molar-refractivity contribution in [2.45, 2.75) is 44.9 Å². The molecular formula is C18H24N2O2. The highest BCUT2D eigenvalue weighted by atomic mass is 16.2. The lowest BCUT2D eigenvalue weighted by atomic mass is 9.88. The molecule has 1 heterocycles. The van der Waals surface area contributed by atoms with Gasteiger partial charge in [0.05, 0.1) is 0 Å². The molecule has 4 heteroatoms. The zero-order valence-electron chi connectivity index (χ0n) is 13.0. The Bertz CT molecular complexity index is 544. The first-order valence-electron chi connectivity index (χ1n) is 8.44. The minimum atomic E-state index is 0.0752. The molecule has 0 bridgehead atoms. The Morgan fingerprint density at radius 3 is 2.45 bits per heavy atom. The standard InChI is InChI=1S/C18H24N2O2/c21-17(14-7-2-1-3-8-14)19-16-10-6-9-15(13-16)18(22)20-11-4-5-12-20/h6,9-10,13-14H,1-5,7-8,11-12H2,(H,19,21). The molecule has 2 fully saturated rings. The van der Waals surface area contributed by atoms with E-state index in [2.05, 4.69) is 5.32 Å². The molecule has 1 N–H and O–H groups in total. The molecule has 1 aliphatic carbocycles. The number of benzene rings is 1. The van der Waals surface area contributed by atoms with Gasteiger partial charge in [-0.05, 0) is 43.9 Å². The topological polar surface area (TPSA) is 49.4 Å². The first kappa shape index (κ1) is 15.1. The summed E-state index contributed by atoms with van der Waals surface area (Å²) in [7, 11) is 0. The van der Waals surface area contributed by atoms with Crippen LogP contribution < -0.4 is 5.32 Å². The fourth-order valence-corrected chi connectivity index (χ4v) is 3.44. The molecule has 22 heavy (non-hydrogen) atoms. The van der Waals surface area contributed by atoms with Crippen molar-refractivity contribution in [1.82, 2.24) is 4.90 Å². The number of hydrogen-bond donors (Lipinski definition) is 1. The van der Waals surface area contributed by atoms with Crippen LogP contribution in [-0.4, -0.2) is 29.8 Å². The van der Waals surface area contributed by atoms with Crippen LogP contribution in [0.4, 0.5) is 5.69 Å². The number of likely N-dealkylation sites (tertiary alicyclic amines) is 1. The van der Waals surface area contributed by atoms with Crippen molar-refractivity contribution in [3.05, 3.63) is 29.8 Å². The fourth-order valence-electron chi connectivity index (χ4n) is 3.44. The Labute approximate surface area is 131 Å². The van der Waals surface area contributed by atoms with E-state index in [0.29, 0.717) is 5.56 Å². The third-order valence-electron chi connectivity index (χ3n) is 4.75. The molecule has 0 radical (unpaired) electrons. The molecule has 1 saturated heterocycles. The second-order valence-corrected chi connectivity index (χ2v) is 6.40. The van der Waals surface area contributed by atoms with E-state index >= 15 is 0 Å². The summed E-state index contributed by atoms with van der Waals surface area (Å²) in [6.45, 7) is 1.69. The van der Waals surface area contributed by atoms with Crippen LogP contribution in [0.1, 0.15) is 55.3 Å². The van der Waals surface area contributed by atoms with Crippen molar-refractivity contribution in [3.63, 3.8) is 0 Å². The maximum atomic E-state index is 12.4. The molecule has 0 spiro atoms. The molecule has 0 unspecified atom stereocenters. The van der Waals surface area contributed by atoms with Crippen LogP contribution in [0.15, 0.2) is 24.3 Å². The van der Waals surface area contributed by atoms with Crippen molar-refractivity contribution in [3.8, 4) is 0 Å². The van der Waals surface area contributed by atoms with Crippen LogP contribution in [0.2, 0.25) is 0 Å². The first-order valence-corrected chi connectivity index (χ1v) is 8.44. The van der Waals surface area contributed by atoms with Crippen molar-refractivity contribution in [1.29, 1.82) is 0 Å². The summed E-state index contributed by atoms with van der Waals surface area (Å²) < 4.78 is 0. The van der Waals surface area contributed by atoms with E-state index in [0.717, 1.165) is 57.3 Å². The van der Waals surface area contributed by atoms with E-state index in [-0.39, 0.29) is 17.7 Å². The molecular weight excluding hydrogens is 276 g/mol. The average molecular weight is 300 g/mol. The number of anilines is 1. The Morgan fingerprint density at radius 2 is 1.73 bits per heavy atom. The summed E-state index contributed by atoms with van der Waals surface area (Å²) >= 11 is 0. The van der Waals surface area contributed by atoms with Gasteiger partial charge in [-0.15, -0.1) is 0 Å². The van der Waals surface area contributed by atoms with Crippen LogP contribution in [0.5, 0.6) is 0 Å².